The van der Waals surface area contributed by atoms with Crippen LogP contribution in [0.4, 0.5) is 4.79 Å². The number of carbonyl (C=O) groups is 1. The van der Waals surface area contributed by atoms with E-state index in [0.29, 0.717) is 6.61 Å². The molecule has 3 rings (SSSR count). The lowest BCUT2D eigenvalue weighted by Gasteiger charge is -2.17. The van der Waals surface area contributed by atoms with Gasteiger partial charge in [-0.15, -0.1) is 0 Å². The molecule has 0 bridgehead atoms. The van der Waals surface area contributed by atoms with E-state index in [0.717, 1.165) is 12.2 Å². The lowest BCUT2D eigenvalue weighted by atomic mass is 9.98. The molecule has 2 aromatic rings. The van der Waals surface area contributed by atoms with E-state index in [1.54, 1.807) is 11.8 Å². The molecule has 26 heavy (non-hydrogen) atoms. The van der Waals surface area contributed by atoms with Gasteiger partial charge >= 0.3 is 6.09 Å². The zero-order valence-electron chi connectivity index (χ0n) is 14.8. The first-order valence-electron chi connectivity index (χ1n) is 8.68. The summed E-state index contributed by atoms with van der Waals surface area (Å²) in [7, 11) is 0. The van der Waals surface area contributed by atoms with Crippen molar-refractivity contribution in [1.29, 1.82) is 0 Å². The Morgan fingerprint density at radius 1 is 1.19 bits per heavy atom. The van der Waals surface area contributed by atoms with Gasteiger partial charge in [-0.3, -0.25) is 0 Å². The predicted octanol–water partition coefficient (Wildman–Crippen LogP) is 4.57. The average molecular weight is 366 g/mol. The van der Waals surface area contributed by atoms with Crippen LogP contribution in [0.5, 0.6) is 0 Å². The predicted molar refractivity (Wildman–Crippen MR) is 106 cm³/mol. The van der Waals surface area contributed by atoms with Gasteiger partial charge in [0.1, 0.15) is 12.6 Å². The molecule has 5 heteroatoms. The average Bonchev–Trinajstić information content (AvgIpc) is 2.98. The molecular formula is C21H22N2O2S. The molecule has 1 N–H and O–H groups in total. The summed E-state index contributed by atoms with van der Waals surface area (Å²) in [5, 5.41) is 2.84. The molecule has 2 aromatic carbocycles. The summed E-state index contributed by atoms with van der Waals surface area (Å²) < 4.78 is 5.54. The van der Waals surface area contributed by atoms with E-state index < -0.39 is 6.09 Å². The minimum atomic E-state index is -0.443. The first-order chi connectivity index (χ1) is 12.7. The van der Waals surface area contributed by atoms with Crippen LogP contribution in [0.15, 0.2) is 48.5 Å². The van der Waals surface area contributed by atoms with Gasteiger partial charge in [0.2, 0.25) is 6.54 Å². The standard InChI is InChI=1S/C21H22N2O2S/c1-22-13-15(11-12-26-2)23-21(24)25-14-20-18-9-5-3-7-16(18)17-8-4-6-10-19(17)20/h3-10,15,20H,11-14H2,2H3,(H,23,24)/t15-/m0/s1. The molecule has 0 radical (unpaired) electrons. The van der Waals surface area contributed by atoms with Crippen LogP contribution in [-0.4, -0.2) is 37.3 Å². The van der Waals surface area contributed by atoms with Crippen molar-refractivity contribution in [2.24, 2.45) is 0 Å². The summed E-state index contributed by atoms with van der Waals surface area (Å²) >= 11 is 1.71. The van der Waals surface area contributed by atoms with Crippen molar-refractivity contribution in [3.8, 4) is 11.1 Å². The highest BCUT2D eigenvalue weighted by Gasteiger charge is 2.29. The number of nitrogens with zero attached hydrogens (tertiary/aromatic N) is 1. The summed E-state index contributed by atoms with van der Waals surface area (Å²) in [4.78, 5) is 15.6. The SMILES string of the molecule is [C-]#[N+]C[C@H](CCSC)NC(=O)OCC1c2ccccc2-c2ccccc21. The number of hydrogen-bond donors (Lipinski definition) is 1. The highest BCUT2D eigenvalue weighted by Crippen LogP contribution is 2.44. The van der Waals surface area contributed by atoms with E-state index in [2.05, 4.69) is 34.4 Å². The Kier molecular flexibility index (Phi) is 6.19. The highest BCUT2D eigenvalue weighted by atomic mass is 32.2. The molecule has 1 amide bonds. The van der Waals surface area contributed by atoms with Gasteiger partial charge in [-0.25, -0.2) is 11.4 Å². The number of alkyl carbamates (subject to hydrolysis) is 1. The molecular weight excluding hydrogens is 344 g/mol. The molecule has 0 aromatic heterocycles. The fourth-order valence-corrected chi connectivity index (χ4v) is 3.91. The summed E-state index contributed by atoms with van der Waals surface area (Å²) in [5.41, 5.74) is 4.81. The zero-order valence-corrected chi connectivity index (χ0v) is 15.6. The fourth-order valence-electron chi connectivity index (χ4n) is 3.39. The summed E-state index contributed by atoms with van der Waals surface area (Å²) in [5.74, 6) is 0.961. The largest absolute Gasteiger partial charge is 0.449 e. The van der Waals surface area contributed by atoms with Crippen molar-refractivity contribution in [3.63, 3.8) is 0 Å². The lowest BCUT2D eigenvalue weighted by molar-refractivity contribution is 0.139. The number of nitrogens with one attached hydrogen (secondary N) is 1. The molecule has 1 aliphatic rings. The Morgan fingerprint density at radius 3 is 2.38 bits per heavy atom. The van der Waals surface area contributed by atoms with Gasteiger partial charge in [-0.1, -0.05) is 48.5 Å². The Morgan fingerprint density at radius 2 is 1.81 bits per heavy atom. The molecule has 134 valence electrons. The molecule has 0 aliphatic heterocycles. The Balaban J connectivity index is 1.66. The smallest absolute Gasteiger partial charge is 0.407 e. The lowest BCUT2D eigenvalue weighted by Crippen LogP contribution is -2.38. The molecule has 0 saturated carbocycles. The van der Waals surface area contributed by atoms with Gasteiger partial charge in [0.05, 0.1) is 0 Å². The van der Waals surface area contributed by atoms with Crippen LogP contribution >= 0.6 is 11.8 Å². The molecule has 0 spiro atoms. The third-order valence-electron chi connectivity index (χ3n) is 4.65. The third kappa shape index (κ3) is 4.03. The number of fused-ring (bicyclic) bond motifs is 3. The van der Waals surface area contributed by atoms with Crippen molar-refractivity contribution in [2.75, 3.05) is 25.2 Å². The van der Waals surface area contributed by atoms with Crippen molar-refractivity contribution in [1.82, 2.24) is 5.32 Å². The van der Waals surface area contributed by atoms with Gasteiger partial charge in [0.25, 0.3) is 0 Å². The Labute approximate surface area is 158 Å². The van der Waals surface area contributed by atoms with Crippen LogP contribution in [0, 0.1) is 6.57 Å². The normalized spacial score (nSPS) is 13.4. The third-order valence-corrected chi connectivity index (χ3v) is 5.29. The number of thioether (sulfide) groups is 1. The number of amides is 1. The Hall–Kier alpha value is -2.45. The van der Waals surface area contributed by atoms with Crippen molar-refractivity contribution in [3.05, 3.63) is 71.1 Å². The van der Waals surface area contributed by atoms with E-state index in [-0.39, 0.29) is 18.5 Å². The van der Waals surface area contributed by atoms with Crippen molar-refractivity contribution >= 4 is 17.9 Å². The van der Waals surface area contributed by atoms with Crippen LogP contribution in [-0.2, 0) is 4.74 Å². The number of rotatable bonds is 7. The summed E-state index contributed by atoms with van der Waals surface area (Å²) in [6.07, 6.45) is 2.34. The molecule has 0 fully saturated rings. The number of hydrogen-bond acceptors (Lipinski definition) is 3. The molecule has 0 saturated heterocycles. The molecule has 0 unspecified atom stereocenters. The minimum absolute atomic E-state index is 0.0543. The molecule has 4 nitrogen and oxygen atoms in total. The first-order valence-corrected chi connectivity index (χ1v) is 10.1. The molecule has 1 aliphatic carbocycles. The van der Waals surface area contributed by atoms with Gasteiger partial charge in [-0.05, 0) is 40.7 Å². The number of benzene rings is 2. The topological polar surface area (TPSA) is 42.7 Å². The van der Waals surface area contributed by atoms with Crippen LogP contribution in [0.1, 0.15) is 23.5 Å². The second-order valence-electron chi connectivity index (χ2n) is 6.29. The van der Waals surface area contributed by atoms with E-state index >= 15 is 0 Å². The fraction of sp³-hybridized carbons (Fsp3) is 0.333. The minimum Gasteiger partial charge on any atom is -0.449 e. The van der Waals surface area contributed by atoms with E-state index in [9.17, 15) is 4.79 Å². The van der Waals surface area contributed by atoms with Crippen LogP contribution in [0.2, 0.25) is 0 Å². The quantitative estimate of drug-likeness (QED) is 0.730. The second kappa shape index (κ2) is 8.77. The maximum Gasteiger partial charge on any atom is 0.407 e. The van der Waals surface area contributed by atoms with Gasteiger partial charge in [-0.2, -0.15) is 11.8 Å². The van der Waals surface area contributed by atoms with Gasteiger partial charge in [0.15, 0.2) is 0 Å². The maximum absolute atomic E-state index is 12.2. The zero-order chi connectivity index (χ0) is 18.4. The second-order valence-corrected chi connectivity index (χ2v) is 7.27. The van der Waals surface area contributed by atoms with E-state index in [1.807, 2.05) is 30.5 Å². The van der Waals surface area contributed by atoms with Gasteiger partial charge in [0, 0.05) is 5.92 Å². The first kappa shape index (κ1) is 18.3. The monoisotopic (exact) mass is 366 g/mol. The summed E-state index contributed by atoms with van der Waals surface area (Å²) in [6.45, 7) is 7.62. The number of ether oxygens (including phenoxy) is 1. The molecule has 1 atom stereocenters. The van der Waals surface area contributed by atoms with Crippen LogP contribution in [0.3, 0.4) is 0 Å². The van der Waals surface area contributed by atoms with Gasteiger partial charge < -0.3 is 14.9 Å². The maximum atomic E-state index is 12.2. The van der Waals surface area contributed by atoms with E-state index in [4.69, 9.17) is 11.3 Å². The van der Waals surface area contributed by atoms with Crippen molar-refractivity contribution in [2.45, 2.75) is 18.4 Å². The number of carbonyl (C=O) groups excluding carboxylic acids is 1. The van der Waals surface area contributed by atoms with Crippen LogP contribution in [0.25, 0.3) is 16.0 Å². The highest BCUT2D eigenvalue weighted by molar-refractivity contribution is 7.98. The Bertz CT molecular complexity index is 770. The van der Waals surface area contributed by atoms with E-state index in [1.165, 1.54) is 22.3 Å². The summed E-state index contributed by atoms with van der Waals surface area (Å²) in [6, 6.07) is 16.4. The molecule has 0 heterocycles. The van der Waals surface area contributed by atoms with Crippen molar-refractivity contribution < 1.29 is 9.53 Å². The van der Waals surface area contributed by atoms with Crippen LogP contribution < -0.4 is 5.32 Å².